The summed E-state index contributed by atoms with van der Waals surface area (Å²) in [6, 6.07) is 3.68. The monoisotopic (exact) mass is 203 g/mol. The molecule has 0 unspecified atom stereocenters. The van der Waals surface area contributed by atoms with E-state index in [9.17, 15) is 0 Å². The zero-order valence-corrected chi connectivity index (χ0v) is 7.86. The molecule has 3 N–H and O–H groups in total. The third-order valence-electron chi connectivity index (χ3n) is 2.32. The highest BCUT2D eigenvalue weighted by atomic mass is 16.5. The van der Waals surface area contributed by atoms with E-state index < -0.39 is 0 Å². The van der Waals surface area contributed by atoms with Gasteiger partial charge in [0.25, 0.3) is 0 Å². The van der Waals surface area contributed by atoms with Crippen LogP contribution in [0, 0.1) is 0 Å². The van der Waals surface area contributed by atoms with Crippen LogP contribution in [0.4, 0.5) is 5.69 Å². The molecule has 0 saturated heterocycles. The van der Waals surface area contributed by atoms with Crippen molar-refractivity contribution in [3.05, 3.63) is 30.2 Å². The lowest BCUT2D eigenvalue weighted by atomic mass is 10.1. The molecule has 0 aliphatic carbocycles. The quantitative estimate of drug-likeness (QED) is 0.660. The largest absolute Gasteiger partial charge is 0.458 e. The van der Waals surface area contributed by atoms with Gasteiger partial charge in [0.05, 0.1) is 5.69 Å². The molecule has 0 amide bonds. The van der Waals surface area contributed by atoms with Crippen molar-refractivity contribution in [2.75, 3.05) is 12.0 Å². The van der Waals surface area contributed by atoms with Crippen molar-refractivity contribution in [1.29, 1.82) is 0 Å². The maximum atomic E-state index is 5.78. The van der Waals surface area contributed by atoms with Crippen molar-refractivity contribution in [2.24, 2.45) is 10.7 Å². The fourth-order valence-corrected chi connectivity index (χ4v) is 1.60. The molecule has 0 spiro atoms. The molecule has 2 aliphatic rings. The molecular formula is C10H9N3O2. The molecule has 0 saturated carbocycles. The Bertz CT molecular complexity index is 480. The lowest BCUT2D eigenvalue weighted by Crippen LogP contribution is -2.22. The third-order valence-corrected chi connectivity index (χ3v) is 2.32. The van der Waals surface area contributed by atoms with Crippen molar-refractivity contribution in [3.8, 4) is 11.5 Å². The van der Waals surface area contributed by atoms with E-state index in [-0.39, 0.29) is 0 Å². The molecule has 1 aromatic carbocycles. The number of hydrogen-bond acceptors (Lipinski definition) is 5. The number of rotatable bonds is 0. The van der Waals surface area contributed by atoms with E-state index >= 15 is 0 Å². The van der Waals surface area contributed by atoms with Crippen molar-refractivity contribution >= 4 is 11.5 Å². The van der Waals surface area contributed by atoms with Crippen LogP contribution in [0.1, 0.15) is 5.56 Å². The summed E-state index contributed by atoms with van der Waals surface area (Å²) in [7, 11) is 0. The van der Waals surface area contributed by atoms with Gasteiger partial charge in [-0.05, 0) is 6.07 Å². The van der Waals surface area contributed by atoms with E-state index in [4.69, 9.17) is 15.2 Å². The van der Waals surface area contributed by atoms with E-state index in [1.165, 1.54) is 12.5 Å². The van der Waals surface area contributed by atoms with Gasteiger partial charge in [0.1, 0.15) is 25.0 Å². The number of nitrogens with one attached hydrogen (secondary N) is 1. The Hall–Kier alpha value is -2.17. The van der Waals surface area contributed by atoms with Crippen LogP contribution in [-0.4, -0.2) is 12.5 Å². The SMILES string of the molecule is NC1=NCNc2cc3c(cc21)OC=CO3. The Balaban J connectivity index is 2.16. The topological polar surface area (TPSA) is 68.9 Å². The van der Waals surface area contributed by atoms with Gasteiger partial charge in [-0.3, -0.25) is 0 Å². The summed E-state index contributed by atoms with van der Waals surface area (Å²) in [5.74, 6) is 1.85. The summed E-state index contributed by atoms with van der Waals surface area (Å²) >= 11 is 0. The zero-order chi connectivity index (χ0) is 10.3. The first-order valence-electron chi connectivity index (χ1n) is 4.55. The number of fused-ring (bicyclic) bond motifs is 2. The van der Waals surface area contributed by atoms with Crippen LogP contribution in [0.5, 0.6) is 11.5 Å². The van der Waals surface area contributed by atoms with Crippen LogP contribution in [-0.2, 0) is 0 Å². The molecule has 0 fully saturated rings. The molecule has 5 heteroatoms. The molecule has 0 aromatic heterocycles. The van der Waals surface area contributed by atoms with Gasteiger partial charge in [-0.2, -0.15) is 0 Å². The van der Waals surface area contributed by atoms with Crippen LogP contribution in [0.25, 0.3) is 0 Å². The predicted molar refractivity (Wildman–Crippen MR) is 56.1 cm³/mol. The Kier molecular flexibility index (Phi) is 1.58. The van der Waals surface area contributed by atoms with Gasteiger partial charge in [-0.1, -0.05) is 0 Å². The van der Waals surface area contributed by atoms with Crippen LogP contribution in [0.15, 0.2) is 29.6 Å². The standard InChI is InChI=1S/C10H9N3O2/c11-10-6-3-8-9(15-2-1-14-8)4-7(6)12-5-13-10/h1-4,12H,5H2,(H2,11,13). The number of nitrogens with two attached hydrogens (primary N) is 1. The number of anilines is 1. The van der Waals surface area contributed by atoms with Crippen molar-refractivity contribution in [3.63, 3.8) is 0 Å². The van der Waals surface area contributed by atoms with E-state index in [0.29, 0.717) is 24.0 Å². The molecule has 76 valence electrons. The number of hydrogen-bond donors (Lipinski definition) is 2. The van der Waals surface area contributed by atoms with Crippen LogP contribution < -0.4 is 20.5 Å². The molecular weight excluding hydrogens is 194 g/mol. The fourth-order valence-electron chi connectivity index (χ4n) is 1.60. The fraction of sp³-hybridized carbons (Fsp3) is 0.100. The second-order valence-electron chi connectivity index (χ2n) is 3.23. The molecule has 2 aliphatic heterocycles. The average molecular weight is 203 g/mol. The number of amidine groups is 1. The summed E-state index contributed by atoms with van der Waals surface area (Å²) < 4.78 is 10.6. The lowest BCUT2D eigenvalue weighted by molar-refractivity contribution is 0.362. The van der Waals surface area contributed by atoms with Gasteiger partial charge >= 0.3 is 0 Å². The molecule has 1 aromatic rings. The van der Waals surface area contributed by atoms with Gasteiger partial charge in [-0.15, -0.1) is 0 Å². The van der Waals surface area contributed by atoms with Crippen LogP contribution in [0.3, 0.4) is 0 Å². The molecule has 0 bridgehead atoms. The first kappa shape index (κ1) is 8.16. The summed E-state index contributed by atoms with van der Waals surface area (Å²) in [5.41, 5.74) is 7.54. The Morgan fingerprint density at radius 2 is 1.93 bits per heavy atom. The third kappa shape index (κ3) is 1.20. The van der Waals surface area contributed by atoms with Crippen LogP contribution >= 0.6 is 0 Å². The van der Waals surface area contributed by atoms with Crippen molar-refractivity contribution in [1.82, 2.24) is 0 Å². The first-order chi connectivity index (χ1) is 7.34. The number of benzene rings is 1. The average Bonchev–Trinajstić information content (AvgIpc) is 2.27. The molecule has 15 heavy (non-hydrogen) atoms. The smallest absolute Gasteiger partial charge is 0.171 e. The van der Waals surface area contributed by atoms with E-state index in [1.54, 1.807) is 0 Å². The van der Waals surface area contributed by atoms with Gasteiger partial charge in [-0.25, -0.2) is 4.99 Å². The summed E-state index contributed by atoms with van der Waals surface area (Å²) in [4.78, 5) is 4.09. The van der Waals surface area contributed by atoms with Crippen molar-refractivity contribution in [2.45, 2.75) is 0 Å². The maximum Gasteiger partial charge on any atom is 0.171 e. The number of nitrogens with zero attached hydrogens (tertiary/aromatic N) is 1. The number of ether oxygens (including phenoxy) is 2. The van der Waals surface area contributed by atoms with Gasteiger partial charge in [0.15, 0.2) is 11.5 Å². The molecule has 0 atom stereocenters. The minimum absolute atomic E-state index is 0.494. The normalized spacial score (nSPS) is 16.4. The van der Waals surface area contributed by atoms with Gasteiger partial charge < -0.3 is 20.5 Å². The summed E-state index contributed by atoms with van der Waals surface area (Å²) in [6.07, 6.45) is 2.98. The van der Waals surface area contributed by atoms with Gasteiger partial charge in [0, 0.05) is 11.6 Å². The second kappa shape index (κ2) is 2.91. The van der Waals surface area contributed by atoms with Gasteiger partial charge in [0.2, 0.25) is 0 Å². The second-order valence-corrected chi connectivity index (χ2v) is 3.23. The Morgan fingerprint density at radius 3 is 2.73 bits per heavy atom. The van der Waals surface area contributed by atoms with E-state index in [1.807, 2.05) is 12.1 Å². The zero-order valence-electron chi connectivity index (χ0n) is 7.86. The van der Waals surface area contributed by atoms with E-state index in [0.717, 1.165) is 11.3 Å². The highest BCUT2D eigenvalue weighted by Crippen LogP contribution is 2.36. The molecule has 5 nitrogen and oxygen atoms in total. The highest BCUT2D eigenvalue weighted by Gasteiger charge is 2.17. The minimum atomic E-state index is 0.494. The van der Waals surface area contributed by atoms with Crippen molar-refractivity contribution < 1.29 is 9.47 Å². The minimum Gasteiger partial charge on any atom is -0.458 e. The summed E-state index contributed by atoms with van der Waals surface area (Å²) in [5, 5.41) is 3.12. The maximum absolute atomic E-state index is 5.78. The first-order valence-corrected chi connectivity index (χ1v) is 4.55. The lowest BCUT2D eigenvalue weighted by Gasteiger charge is -2.20. The predicted octanol–water partition coefficient (Wildman–Crippen LogP) is 1.02. The Labute approximate surface area is 86.2 Å². The summed E-state index contributed by atoms with van der Waals surface area (Å²) in [6.45, 7) is 0.494. The Morgan fingerprint density at radius 1 is 1.20 bits per heavy atom. The molecule has 2 heterocycles. The highest BCUT2D eigenvalue weighted by molar-refractivity contribution is 6.04. The molecule has 0 radical (unpaired) electrons. The molecule has 3 rings (SSSR count). The van der Waals surface area contributed by atoms with Crippen LogP contribution in [0.2, 0.25) is 0 Å². The number of aliphatic imine (C=N–C) groups is 1. The van der Waals surface area contributed by atoms with E-state index in [2.05, 4.69) is 10.3 Å².